The van der Waals surface area contributed by atoms with Crippen LogP contribution in [0.3, 0.4) is 0 Å². The minimum Gasteiger partial charge on any atom is -0.496 e. The lowest BCUT2D eigenvalue weighted by molar-refractivity contribution is 0.00909. The van der Waals surface area contributed by atoms with Crippen LogP contribution in [0, 0.1) is 0 Å². The van der Waals surface area contributed by atoms with Gasteiger partial charge in [-0.15, -0.1) is 0 Å². The number of benzene rings is 1. The molecule has 106 valence electrons. The van der Waals surface area contributed by atoms with Crippen LogP contribution < -0.4 is 10.5 Å². The summed E-state index contributed by atoms with van der Waals surface area (Å²) in [4.78, 5) is 2.36. The maximum Gasteiger partial charge on any atom is 0.124 e. The fraction of sp³-hybridized carbons (Fsp3) is 0.600. The molecule has 0 bridgehead atoms. The molecule has 0 amide bonds. The van der Waals surface area contributed by atoms with E-state index in [1.807, 2.05) is 12.1 Å². The number of ether oxygens (including phenoxy) is 2. The maximum absolute atomic E-state index is 5.81. The first kappa shape index (κ1) is 14.3. The van der Waals surface area contributed by atoms with Gasteiger partial charge in [-0.25, -0.2) is 0 Å². The summed E-state index contributed by atoms with van der Waals surface area (Å²) in [5, 5.41) is 0. The molecule has 2 rings (SSSR count). The van der Waals surface area contributed by atoms with Gasteiger partial charge in [-0.3, -0.25) is 4.90 Å². The van der Waals surface area contributed by atoms with Crippen LogP contribution in [0.5, 0.6) is 5.75 Å². The smallest absolute Gasteiger partial charge is 0.124 e. The lowest BCUT2D eigenvalue weighted by atomic mass is 10.1. The molecule has 0 aromatic heterocycles. The van der Waals surface area contributed by atoms with Crippen molar-refractivity contribution in [3.63, 3.8) is 0 Å². The molecule has 1 aliphatic rings. The molecule has 0 spiro atoms. The van der Waals surface area contributed by atoms with Gasteiger partial charge in [0.2, 0.25) is 0 Å². The largest absolute Gasteiger partial charge is 0.496 e. The topological polar surface area (TPSA) is 47.7 Å². The first-order chi connectivity index (χ1) is 9.33. The van der Waals surface area contributed by atoms with Crippen molar-refractivity contribution < 1.29 is 9.47 Å². The van der Waals surface area contributed by atoms with Crippen LogP contribution in [0.2, 0.25) is 0 Å². The highest BCUT2D eigenvalue weighted by Gasteiger charge is 2.10. The van der Waals surface area contributed by atoms with Gasteiger partial charge < -0.3 is 15.2 Å². The molecule has 0 unspecified atom stereocenters. The van der Waals surface area contributed by atoms with Crippen molar-refractivity contribution in [2.24, 2.45) is 5.73 Å². The van der Waals surface area contributed by atoms with E-state index in [1.54, 1.807) is 7.11 Å². The fourth-order valence-electron chi connectivity index (χ4n) is 2.44. The van der Waals surface area contributed by atoms with Gasteiger partial charge in [-0.05, 0) is 30.5 Å². The molecule has 4 heteroatoms. The molecule has 0 aliphatic carbocycles. The number of nitrogens with two attached hydrogens (primary N) is 1. The van der Waals surface area contributed by atoms with Crippen LogP contribution in [0.4, 0.5) is 0 Å². The van der Waals surface area contributed by atoms with E-state index in [0.29, 0.717) is 19.9 Å². The molecule has 0 atom stereocenters. The summed E-state index contributed by atoms with van der Waals surface area (Å²) in [5.74, 6) is 0.871. The van der Waals surface area contributed by atoms with Gasteiger partial charge in [0, 0.05) is 25.2 Å². The Labute approximate surface area is 115 Å². The molecule has 1 aliphatic heterocycles. The van der Waals surface area contributed by atoms with E-state index in [9.17, 15) is 0 Å². The molecule has 1 aromatic carbocycles. The Morgan fingerprint density at radius 3 is 2.68 bits per heavy atom. The van der Waals surface area contributed by atoms with Gasteiger partial charge in [0.25, 0.3) is 0 Å². The Hall–Kier alpha value is -1.10. The summed E-state index contributed by atoms with van der Waals surface area (Å²) in [6.07, 6.45) is 3.92. The lowest BCUT2D eigenvalue weighted by Gasteiger charge is -2.26. The van der Waals surface area contributed by atoms with Crippen LogP contribution in [0.25, 0.3) is 0 Å². The second-order valence-corrected chi connectivity index (χ2v) is 5.01. The van der Waals surface area contributed by atoms with E-state index in [-0.39, 0.29) is 0 Å². The molecule has 1 heterocycles. The SMILES string of the molecule is COc1ccc(CN)cc1COCN1CCCCC1. The second kappa shape index (κ2) is 7.48. The Morgan fingerprint density at radius 2 is 2.00 bits per heavy atom. The number of hydrogen-bond donors (Lipinski definition) is 1. The van der Waals surface area contributed by atoms with E-state index in [2.05, 4.69) is 11.0 Å². The quantitative estimate of drug-likeness (QED) is 0.855. The van der Waals surface area contributed by atoms with Gasteiger partial charge >= 0.3 is 0 Å². The van der Waals surface area contributed by atoms with Crippen LogP contribution in [0.15, 0.2) is 18.2 Å². The first-order valence-electron chi connectivity index (χ1n) is 6.99. The molecule has 1 aromatic rings. The van der Waals surface area contributed by atoms with E-state index >= 15 is 0 Å². The standard InChI is InChI=1S/C15H24N2O2/c1-18-15-6-5-13(10-16)9-14(15)11-19-12-17-7-3-2-4-8-17/h5-6,9H,2-4,7-8,10-12,16H2,1H3. The highest BCUT2D eigenvalue weighted by Crippen LogP contribution is 2.21. The Morgan fingerprint density at radius 1 is 1.21 bits per heavy atom. The number of piperidine rings is 1. The number of likely N-dealkylation sites (tertiary alicyclic amines) is 1. The average Bonchev–Trinajstić information content (AvgIpc) is 2.48. The minimum atomic E-state index is 0.545. The van der Waals surface area contributed by atoms with E-state index in [0.717, 1.165) is 30.0 Å². The zero-order chi connectivity index (χ0) is 13.5. The third kappa shape index (κ3) is 4.20. The second-order valence-electron chi connectivity index (χ2n) is 5.01. The van der Waals surface area contributed by atoms with Gasteiger partial charge in [0.1, 0.15) is 5.75 Å². The van der Waals surface area contributed by atoms with Crippen LogP contribution >= 0.6 is 0 Å². The maximum atomic E-state index is 5.81. The van der Waals surface area contributed by atoms with Gasteiger partial charge in [0.15, 0.2) is 0 Å². The lowest BCUT2D eigenvalue weighted by Crippen LogP contribution is -2.31. The van der Waals surface area contributed by atoms with Crippen LogP contribution in [-0.4, -0.2) is 31.8 Å². The Balaban J connectivity index is 1.86. The van der Waals surface area contributed by atoms with E-state index in [1.165, 1.54) is 19.3 Å². The molecule has 4 nitrogen and oxygen atoms in total. The zero-order valence-corrected chi connectivity index (χ0v) is 11.7. The van der Waals surface area contributed by atoms with Crippen molar-refractivity contribution >= 4 is 0 Å². The molecular formula is C15H24N2O2. The van der Waals surface area contributed by atoms with Gasteiger partial charge in [-0.1, -0.05) is 12.5 Å². The third-order valence-electron chi connectivity index (χ3n) is 3.56. The number of nitrogens with zero attached hydrogens (tertiary/aromatic N) is 1. The summed E-state index contributed by atoms with van der Waals surface area (Å²) in [6, 6.07) is 6.02. The highest BCUT2D eigenvalue weighted by atomic mass is 16.5. The number of hydrogen-bond acceptors (Lipinski definition) is 4. The van der Waals surface area contributed by atoms with Crippen molar-refractivity contribution in [2.75, 3.05) is 26.9 Å². The van der Waals surface area contributed by atoms with Crippen LogP contribution in [-0.2, 0) is 17.9 Å². The van der Waals surface area contributed by atoms with Crippen molar-refractivity contribution in [2.45, 2.75) is 32.4 Å². The summed E-state index contributed by atoms with van der Waals surface area (Å²) in [6.45, 7) is 4.13. The first-order valence-corrected chi connectivity index (χ1v) is 6.99. The molecule has 0 saturated carbocycles. The Kier molecular flexibility index (Phi) is 5.63. The van der Waals surface area contributed by atoms with Gasteiger partial charge in [-0.2, -0.15) is 0 Å². The summed E-state index contributed by atoms with van der Waals surface area (Å²) < 4.78 is 11.2. The third-order valence-corrected chi connectivity index (χ3v) is 3.56. The van der Waals surface area contributed by atoms with Gasteiger partial charge in [0.05, 0.1) is 20.4 Å². The average molecular weight is 264 g/mol. The van der Waals surface area contributed by atoms with Crippen molar-refractivity contribution in [1.29, 1.82) is 0 Å². The van der Waals surface area contributed by atoms with E-state index in [4.69, 9.17) is 15.2 Å². The minimum absolute atomic E-state index is 0.545. The summed E-state index contributed by atoms with van der Waals surface area (Å²) in [7, 11) is 1.69. The van der Waals surface area contributed by atoms with E-state index < -0.39 is 0 Å². The molecule has 19 heavy (non-hydrogen) atoms. The predicted octanol–water partition coefficient (Wildman–Crippen LogP) is 2.11. The van der Waals surface area contributed by atoms with Crippen molar-refractivity contribution in [1.82, 2.24) is 4.90 Å². The molecular weight excluding hydrogens is 240 g/mol. The zero-order valence-electron chi connectivity index (χ0n) is 11.7. The normalized spacial score (nSPS) is 16.5. The molecule has 1 fully saturated rings. The monoisotopic (exact) mass is 264 g/mol. The Bertz CT molecular complexity index is 390. The predicted molar refractivity (Wildman–Crippen MR) is 76.0 cm³/mol. The summed E-state index contributed by atoms with van der Waals surface area (Å²) in [5.41, 5.74) is 7.85. The number of methoxy groups -OCH3 is 1. The highest BCUT2D eigenvalue weighted by molar-refractivity contribution is 5.36. The molecule has 0 radical (unpaired) electrons. The van der Waals surface area contributed by atoms with Crippen LogP contribution in [0.1, 0.15) is 30.4 Å². The summed E-state index contributed by atoms with van der Waals surface area (Å²) >= 11 is 0. The molecule has 2 N–H and O–H groups in total. The van der Waals surface area contributed by atoms with Crippen molar-refractivity contribution in [3.8, 4) is 5.75 Å². The van der Waals surface area contributed by atoms with Crippen molar-refractivity contribution in [3.05, 3.63) is 29.3 Å². The fourth-order valence-corrected chi connectivity index (χ4v) is 2.44. The molecule has 1 saturated heterocycles. The number of rotatable bonds is 6.